The minimum Gasteiger partial charge on any atom is -0.480 e. The van der Waals surface area contributed by atoms with Crippen LogP contribution in [0.1, 0.15) is 39.6 Å². The quantitative estimate of drug-likeness (QED) is 0.642. The molecule has 0 aliphatic carbocycles. The summed E-state index contributed by atoms with van der Waals surface area (Å²) in [5.41, 5.74) is 1.93. The fraction of sp³-hybridized carbons (Fsp3) is 0.350. The van der Waals surface area contributed by atoms with Crippen LogP contribution in [0.15, 0.2) is 30.3 Å². The Balaban J connectivity index is 2.00. The molecule has 7 heteroatoms. The van der Waals surface area contributed by atoms with Gasteiger partial charge in [-0.1, -0.05) is 30.3 Å². The maximum atomic E-state index is 13.2. The van der Waals surface area contributed by atoms with Crippen molar-refractivity contribution in [3.63, 3.8) is 0 Å². The largest absolute Gasteiger partial charge is 0.480 e. The van der Waals surface area contributed by atoms with Gasteiger partial charge in [0, 0.05) is 14.2 Å². The second-order valence-electron chi connectivity index (χ2n) is 6.32. The summed E-state index contributed by atoms with van der Waals surface area (Å²) in [6.07, 6.45) is 0. The highest BCUT2D eigenvalue weighted by atomic mass is 32.1. The van der Waals surface area contributed by atoms with Crippen LogP contribution in [0, 0.1) is 6.92 Å². The van der Waals surface area contributed by atoms with Gasteiger partial charge in [0.25, 0.3) is 5.91 Å². The molecule has 142 valence electrons. The predicted molar refractivity (Wildman–Crippen MR) is 106 cm³/mol. The number of carbonyl (C=O) groups excluding carboxylic acids is 1. The number of ether oxygens (including phenoxy) is 2. The van der Waals surface area contributed by atoms with Crippen molar-refractivity contribution in [1.82, 2.24) is 14.9 Å². The number of thiophene rings is 1. The first-order valence-electron chi connectivity index (χ1n) is 8.63. The summed E-state index contributed by atoms with van der Waals surface area (Å²) in [5.74, 6) is 0.967. The van der Waals surface area contributed by atoms with Gasteiger partial charge in [-0.05, 0) is 25.0 Å². The Labute approximate surface area is 162 Å². The number of amides is 1. The third kappa shape index (κ3) is 3.65. The van der Waals surface area contributed by atoms with Crippen LogP contribution < -0.4 is 4.74 Å². The van der Waals surface area contributed by atoms with Gasteiger partial charge in [0.15, 0.2) is 5.82 Å². The van der Waals surface area contributed by atoms with Gasteiger partial charge in [-0.2, -0.15) is 4.98 Å². The van der Waals surface area contributed by atoms with Crippen LogP contribution in [0.25, 0.3) is 10.2 Å². The molecule has 0 aliphatic rings. The lowest BCUT2D eigenvalue weighted by atomic mass is 10.1. The highest BCUT2D eigenvalue weighted by molar-refractivity contribution is 7.20. The molecule has 0 fully saturated rings. The van der Waals surface area contributed by atoms with Crippen molar-refractivity contribution in [2.45, 2.75) is 26.5 Å². The molecule has 0 aliphatic heterocycles. The van der Waals surface area contributed by atoms with E-state index in [1.54, 1.807) is 19.1 Å². The summed E-state index contributed by atoms with van der Waals surface area (Å²) >= 11 is 1.36. The van der Waals surface area contributed by atoms with Gasteiger partial charge in [0.1, 0.15) is 11.4 Å². The molecule has 1 atom stereocenters. The normalized spacial score (nSPS) is 12.2. The number of methoxy groups -OCH3 is 2. The summed E-state index contributed by atoms with van der Waals surface area (Å²) in [4.78, 5) is 25.2. The zero-order valence-electron chi connectivity index (χ0n) is 16.1. The van der Waals surface area contributed by atoms with E-state index in [-0.39, 0.29) is 18.6 Å². The minimum absolute atomic E-state index is 0.0396. The molecule has 1 amide bonds. The lowest BCUT2D eigenvalue weighted by Crippen LogP contribution is -2.29. The maximum absolute atomic E-state index is 13.2. The lowest BCUT2D eigenvalue weighted by molar-refractivity contribution is 0.0747. The van der Waals surface area contributed by atoms with E-state index in [2.05, 4.69) is 9.97 Å². The average Bonchev–Trinajstić information content (AvgIpc) is 3.03. The summed E-state index contributed by atoms with van der Waals surface area (Å²) in [7, 11) is 4.98. The van der Waals surface area contributed by atoms with E-state index >= 15 is 0 Å². The number of fused-ring (bicyclic) bond motifs is 1. The Kier molecular flexibility index (Phi) is 5.72. The molecule has 0 saturated carbocycles. The molecule has 1 aromatic carbocycles. The summed E-state index contributed by atoms with van der Waals surface area (Å²) in [6, 6.07) is 9.94. The second-order valence-corrected chi connectivity index (χ2v) is 7.32. The van der Waals surface area contributed by atoms with E-state index in [4.69, 9.17) is 9.47 Å². The minimum atomic E-state index is -0.0413. The van der Waals surface area contributed by atoms with Crippen LogP contribution in [0.3, 0.4) is 0 Å². The molecule has 0 saturated heterocycles. The SMILES string of the molecule is COCc1nc(OC)c2c(C)c(C(=O)N(C)C(C)c3ccccc3)sc2n1. The number of benzene rings is 1. The van der Waals surface area contributed by atoms with Crippen LogP contribution in [0.4, 0.5) is 0 Å². The molecular formula is C20H23N3O3S. The first-order chi connectivity index (χ1) is 13.0. The smallest absolute Gasteiger partial charge is 0.264 e. The first-order valence-corrected chi connectivity index (χ1v) is 9.44. The molecule has 0 radical (unpaired) electrons. The topological polar surface area (TPSA) is 64.6 Å². The van der Waals surface area contributed by atoms with Crippen molar-refractivity contribution in [3.05, 3.63) is 52.2 Å². The van der Waals surface area contributed by atoms with E-state index in [1.807, 2.05) is 51.2 Å². The third-order valence-corrected chi connectivity index (χ3v) is 5.82. The Morgan fingerprint density at radius 3 is 2.56 bits per heavy atom. The predicted octanol–water partition coefficient (Wildman–Crippen LogP) is 3.99. The average molecular weight is 385 g/mol. The van der Waals surface area contributed by atoms with E-state index < -0.39 is 0 Å². The zero-order valence-corrected chi connectivity index (χ0v) is 17.0. The molecule has 3 aromatic rings. The number of aryl methyl sites for hydroxylation is 1. The monoisotopic (exact) mass is 385 g/mol. The van der Waals surface area contributed by atoms with Crippen LogP contribution in [0.5, 0.6) is 5.88 Å². The van der Waals surface area contributed by atoms with Gasteiger partial charge >= 0.3 is 0 Å². The maximum Gasteiger partial charge on any atom is 0.264 e. The van der Waals surface area contributed by atoms with Crippen molar-refractivity contribution in [2.75, 3.05) is 21.3 Å². The Bertz CT molecular complexity index is 956. The van der Waals surface area contributed by atoms with Gasteiger partial charge in [-0.3, -0.25) is 4.79 Å². The molecule has 0 spiro atoms. The van der Waals surface area contributed by atoms with Gasteiger partial charge in [0.2, 0.25) is 5.88 Å². The van der Waals surface area contributed by atoms with Gasteiger partial charge < -0.3 is 14.4 Å². The van der Waals surface area contributed by atoms with Crippen molar-refractivity contribution in [2.24, 2.45) is 0 Å². The molecule has 0 bridgehead atoms. The van der Waals surface area contributed by atoms with Gasteiger partial charge in [-0.25, -0.2) is 4.98 Å². The van der Waals surface area contributed by atoms with Crippen molar-refractivity contribution >= 4 is 27.5 Å². The standard InChI is InChI=1S/C20H23N3O3S/c1-12-16-18(26-5)21-15(11-25-4)22-19(16)27-17(12)20(24)23(3)13(2)14-9-7-6-8-10-14/h6-10,13H,11H2,1-5H3. The Hall–Kier alpha value is -2.51. The number of hydrogen-bond donors (Lipinski definition) is 0. The first kappa shape index (κ1) is 19.3. The Morgan fingerprint density at radius 2 is 1.93 bits per heavy atom. The van der Waals surface area contributed by atoms with Crippen molar-refractivity contribution in [3.8, 4) is 5.88 Å². The lowest BCUT2D eigenvalue weighted by Gasteiger charge is -2.25. The number of carbonyl (C=O) groups is 1. The van der Waals surface area contributed by atoms with Crippen molar-refractivity contribution < 1.29 is 14.3 Å². The molecular weight excluding hydrogens is 362 g/mol. The van der Waals surface area contributed by atoms with Crippen LogP contribution >= 0.6 is 11.3 Å². The van der Waals surface area contributed by atoms with Crippen molar-refractivity contribution in [1.29, 1.82) is 0 Å². The van der Waals surface area contributed by atoms with E-state index in [9.17, 15) is 4.79 Å². The molecule has 1 unspecified atom stereocenters. The zero-order chi connectivity index (χ0) is 19.6. The highest BCUT2D eigenvalue weighted by Gasteiger charge is 2.25. The molecule has 6 nitrogen and oxygen atoms in total. The molecule has 0 N–H and O–H groups in total. The number of aromatic nitrogens is 2. The van der Waals surface area contributed by atoms with Gasteiger partial charge in [-0.15, -0.1) is 11.3 Å². The van der Waals surface area contributed by atoms with E-state index in [1.165, 1.54) is 11.3 Å². The summed E-state index contributed by atoms with van der Waals surface area (Å²) < 4.78 is 10.6. The molecule has 3 rings (SSSR count). The second kappa shape index (κ2) is 8.02. The van der Waals surface area contributed by atoms with E-state index in [0.29, 0.717) is 16.6 Å². The number of nitrogens with zero attached hydrogens (tertiary/aromatic N) is 3. The fourth-order valence-corrected chi connectivity index (χ4v) is 4.15. The number of rotatable bonds is 6. The van der Waals surface area contributed by atoms with Crippen LogP contribution in [-0.2, 0) is 11.3 Å². The van der Waals surface area contributed by atoms with E-state index in [0.717, 1.165) is 21.3 Å². The fourth-order valence-electron chi connectivity index (χ4n) is 2.98. The van der Waals surface area contributed by atoms with Crippen LogP contribution in [-0.4, -0.2) is 42.0 Å². The number of hydrogen-bond acceptors (Lipinski definition) is 6. The molecule has 2 aromatic heterocycles. The van der Waals surface area contributed by atoms with Gasteiger partial charge in [0.05, 0.1) is 23.4 Å². The summed E-state index contributed by atoms with van der Waals surface area (Å²) in [6.45, 7) is 4.22. The molecule has 2 heterocycles. The summed E-state index contributed by atoms with van der Waals surface area (Å²) in [5, 5.41) is 0.784. The molecule has 27 heavy (non-hydrogen) atoms. The Morgan fingerprint density at radius 1 is 1.22 bits per heavy atom. The highest BCUT2D eigenvalue weighted by Crippen LogP contribution is 2.36. The van der Waals surface area contributed by atoms with Crippen LogP contribution in [0.2, 0.25) is 0 Å². The third-order valence-electron chi connectivity index (χ3n) is 4.65.